The maximum atomic E-state index is 13.8. The maximum absolute atomic E-state index is 13.8. The summed E-state index contributed by atoms with van der Waals surface area (Å²) in [7, 11) is -1.37. The minimum absolute atomic E-state index is 0.0863. The minimum Gasteiger partial charge on any atom is -0.494 e. The van der Waals surface area contributed by atoms with Crippen LogP contribution in [-0.4, -0.2) is 54.3 Å². The lowest BCUT2D eigenvalue weighted by Crippen LogP contribution is -2.38. The van der Waals surface area contributed by atoms with Crippen molar-refractivity contribution in [3.8, 4) is 17.2 Å². The molecule has 0 heterocycles. The van der Waals surface area contributed by atoms with Crippen molar-refractivity contribution in [3.05, 3.63) is 71.8 Å². The van der Waals surface area contributed by atoms with Gasteiger partial charge in [0, 0.05) is 11.8 Å². The number of carbonyl (C=O) groups is 2. The molecule has 0 bridgehead atoms. The van der Waals surface area contributed by atoms with Gasteiger partial charge in [0.15, 0.2) is 11.5 Å². The van der Waals surface area contributed by atoms with Gasteiger partial charge in [-0.15, -0.1) is 0 Å². The number of anilines is 2. The van der Waals surface area contributed by atoms with Crippen molar-refractivity contribution in [2.45, 2.75) is 25.7 Å². The summed E-state index contributed by atoms with van der Waals surface area (Å²) in [5.74, 6) is 0.100. The zero-order chi connectivity index (χ0) is 28.6. The molecule has 3 rings (SSSR count). The van der Waals surface area contributed by atoms with Crippen LogP contribution < -0.4 is 23.8 Å². The van der Waals surface area contributed by atoms with Crippen LogP contribution in [-0.2, 0) is 19.6 Å². The van der Waals surface area contributed by atoms with E-state index in [1.165, 1.54) is 38.5 Å². The molecule has 0 saturated carbocycles. The number of amides is 1. The number of hydrogen-bond donors (Lipinski definition) is 1. The zero-order valence-electron chi connectivity index (χ0n) is 22.5. The van der Waals surface area contributed by atoms with Crippen LogP contribution >= 0.6 is 0 Å². The lowest BCUT2D eigenvalue weighted by atomic mass is 10.1. The van der Waals surface area contributed by atoms with E-state index in [0.29, 0.717) is 34.9 Å². The molecule has 208 valence electrons. The molecule has 0 aliphatic rings. The Morgan fingerprint density at radius 3 is 2.15 bits per heavy atom. The predicted octanol–water partition coefficient (Wildman–Crippen LogP) is 4.42. The minimum atomic E-state index is -4.22. The third-order valence-electron chi connectivity index (χ3n) is 5.68. The van der Waals surface area contributed by atoms with Gasteiger partial charge in [-0.25, -0.2) is 13.2 Å². The van der Waals surface area contributed by atoms with Crippen molar-refractivity contribution in [1.29, 1.82) is 0 Å². The molecule has 39 heavy (non-hydrogen) atoms. The molecule has 0 fully saturated rings. The number of nitrogens with zero attached hydrogens (tertiary/aromatic N) is 1. The van der Waals surface area contributed by atoms with Gasteiger partial charge < -0.3 is 24.3 Å². The van der Waals surface area contributed by atoms with Crippen molar-refractivity contribution in [1.82, 2.24) is 0 Å². The van der Waals surface area contributed by atoms with E-state index in [1.54, 1.807) is 50.2 Å². The highest BCUT2D eigenvalue weighted by atomic mass is 32.2. The second-order valence-corrected chi connectivity index (χ2v) is 10.1. The Kier molecular flexibility index (Phi) is 9.78. The van der Waals surface area contributed by atoms with Crippen LogP contribution in [0.15, 0.2) is 65.6 Å². The first-order valence-electron chi connectivity index (χ1n) is 12.2. The maximum Gasteiger partial charge on any atom is 0.338 e. The molecule has 3 aromatic rings. The number of ether oxygens (including phenoxy) is 4. The van der Waals surface area contributed by atoms with Crippen molar-refractivity contribution in [2.75, 3.05) is 43.6 Å². The molecule has 0 aliphatic carbocycles. The number of carbonyl (C=O) groups excluding carboxylic acids is 2. The standard InChI is InChI=1S/C28H32N2O8S/c1-6-37-22-11-9-21(10-12-22)30(39(33,34)23-13-15-25(35-4)26(17-23)36-5)18-27(31)29-24-14-8-20(16-19(24)3)28(32)38-7-2/h8-17H,6-7,18H2,1-5H3,(H,29,31). The van der Waals surface area contributed by atoms with Gasteiger partial charge in [0.1, 0.15) is 12.3 Å². The van der Waals surface area contributed by atoms with Gasteiger partial charge in [0.05, 0.1) is 43.6 Å². The number of hydrogen-bond acceptors (Lipinski definition) is 8. The van der Waals surface area contributed by atoms with E-state index in [1.807, 2.05) is 6.92 Å². The average Bonchev–Trinajstić information content (AvgIpc) is 2.93. The molecule has 0 unspecified atom stereocenters. The molecule has 0 aromatic heterocycles. The van der Waals surface area contributed by atoms with Crippen molar-refractivity contribution < 1.29 is 37.0 Å². The van der Waals surface area contributed by atoms with Crippen molar-refractivity contribution in [3.63, 3.8) is 0 Å². The van der Waals surface area contributed by atoms with Crippen LogP contribution in [0.3, 0.4) is 0 Å². The highest BCUT2D eigenvalue weighted by Crippen LogP contribution is 2.32. The van der Waals surface area contributed by atoms with Crippen LogP contribution in [0.5, 0.6) is 17.2 Å². The molecule has 1 amide bonds. The first-order valence-corrected chi connectivity index (χ1v) is 13.6. The molecule has 0 radical (unpaired) electrons. The van der Waals surface area contributed by atoms with Gasteiger partial charge in [0.2, 0.25) is 5.91 Å². The Labute approximate surface area is 228 Å². The summed E-state index contributed by atoms with van der Waals surface area (Å²) >= 11 is 0. The molecule has 0 aliphatic heterocycles. The molecule has 10 nitrogen and oxygen atoms in total. The van der Waals surface area contributed by atoms with Crippen LogP contribution in [0.1, 0.15) is 29.8 Å². The highest BCUT2D eigenvalue weighted by molar-refractivity contribution is 7.92. The van der Waals surface area contributed by atoms with Crippen molar-refractivity contribution >= 4 is 33.3 Å². The second kappa shape index (κ2) is 13.0. The van der Waals surface area contributed by atoms with Gasteiger partial charge >= 0.3 is 5.97 Å². The van der Waals surface area contributed by atoms with Crippen LogP contribution in [0.2, 0.25) is 0 Å². The fraction of sp³-hybridized carbons (Fsp3) is 0.286. The summed E-state index contributed by atoms with van der Waals surface area (Å²) in [5.41, 5.74) is 1.66. The Bertz CT molecular complexity index is 1420. The second-order valence-electron chi connectivity index (χ2n) is 8.25. The normalized spacial score (nSPS) is 10.9. The molecule has 0 atom stereocenters. The summed E-state index contributed by atoms with van der Waals surface area (Å²) in [4.78, 5) is 25.1. The number of esters is 1. The molecular weight excluding hydrogens is 524 g/mol. The number of benzene rings is 3. The highest BCUT2D eigenvalue weighted by Gasteiger charge is 2.29. The van der Waals surface area contributed by atoms with Crippen LogP contribution in [0, 0.1) is 6.92 Å². The van der Waals surface area contributed by atoms with E-state index in [4.69, 9.17) is 18.9 Å². The molecule has 1 N–H and O–H groups in total. The topological polar surface area (TPSA) is 120 Å². The Morgan fingerprint density at radius 1 is 0.872 bits per heavy atom. The van der Waals surface area contributed by atoms with Gasteiger partial charge in [0.25, 0.3) is 10.0 Å². The predicted molar refractivity (Wildman–Crippen MR) is 147 cm³/mol. The number of aryl methyl sites for hydroxylation is 1. The number of rotatable bonds is 12. The van der Waals surface area contributed by atoms with Crippen LogP contribution in [0.4, 0.5) is 11.4 Å². The number of methoxy groups -OCH3 is 2. The Hall–Kier alpha value is -4.25. The lowest BCUT2D eigenvalue weighted by molar-refractivity contribution is -0.114. The SMILES string of the molecule is CCOC(=O)c1ccc(NC(=O)CN(c2ccc(OCC)cc2)S(=O)(=O)c2ccc(OC)c(OC)c2)c(C)c1. The summed E-state index contributed by atoms with van der Waals surface area (Å²) in [5, 5.41) is 2.74. The Balaban J connectivity index is 1.95. The van der Waals surface area contributed by atoms with E-state index >= 15 is 0 Å². The third kappa shape index (κ3) is 6.99. The lowest BCUT2D eigenvalue weighted by Gasteiger charge is -2.25. The summed E-state index contributed by atoms with van der Waals surface area (Å²) in [6, 6.07) is 15.3. The van der Waals surface area contributed by atoms with Gasteiger partial charge in [-0.05, 0) is 80.9 Å². The van der Waals surface area contributed by atoms with E-state index in [0.717, 1.165) is 4.31 Å². The first kappa shape index (κ1) is 29.3. The molecule has 0 spiro atoms. The third-order valence-corrected chi connectivity index (χ3v) is 7.45. The summed E-state index contributed by atoms with van der Waals surface area (Å²) < 4.78 is 49.6. The van der Waals surface area contributed by atoms with E-state index in [9.17, 15) is 18.0 Å². The zero-order valence-corrected chi connectivity index (χ0v) is 23.3. The van der Waals surface area contributed by atoms with Gasteiger partial charge in [-0.1, -0.05) is 0 Å². The Morgan fingerprint density at radius 2 is 1.56 bits per heavy atom. The van der Waals surface area contributed by atoms with Gasteiger partial charge in [-0.2, -0.15) is 0 Å². The smallest absolute Gasteiger partial charge is 0.338 e. The number of sulfonamides is 1. The quantitative estimate of drug-likeness (QED) is 0.326. The van der Waals surface area contributed by atoms with Crippen LogP contribution in [0.25, 0.3) is 0 Å². The molecular formula is C28H32N2O8S. The van der Waals surface area contributed by atoms with Gasteiger partial charge in [-0.3, -0.25) is 9.10 Å². The molecule has 11 heteroatoms. The fourth-order valence-electron chi connectivity index (χ4n) is 3.76. The average molecular weight is 557 g/mol. The largest absolute Gasteiger partial charge is 0.494 e. The summed E-state index contributed by atoms with van der Waals surface area (Å²) in [6.07, 6.45) is 0. The summed E-state index contributed by atoms with van der Waals surface area (Å²) in [6.45, 7) is 5.45. The fourth-order valence-corrected chi connectivity index (χ4v) is 5.20. The van der Waals surface area contributed by atoms with Crippen molar-refractivity contribution in [2.24, 2.45) is 0 Å². The number of nitrogens with one attached hydrogen (secondary N) is 1. The molecule has 3 aromatic carbocycles. The monoisotopic (exact) mass is 556 g/mol. The molecule has 0 saturated heterocycles. The first-order chi connectivity index (χ1) is 18.6. The van der Waals surface area contributed by atoms with E-state index in [2.05, 4.69) is 5.32 Å². The van der Waals surface area contributed by atoms with E-state index in [-0.39, 0.29) is 22.9 Å². The van der Waals surface area contributed by atoms with E-state index < -0.39 is 28.4 Å².